The molecule has 5 nitrogen and oxygen atoms in total. The molecule has 0 aromatic heterocycles. The number of carbonyl (C=O) groups excluding carboxylic acids is 1. The molecule has 2 N–H and O–H groups in total. The van der Waals surface area contributed by atoms with E-state index in [4.69, 9.17) is 9.84 Å². The third-order valence-electron chi connectivity index (χ3n) is 3.90. The number of hydrogen-bond donors (Lipinski definition) is 2. The van der Waals surface area contributed by atoms with Crippen molar-refractivity contribution in [3.63, 3.8) is 0 Å². The summed E-state index contributed by atoms with van der Waals surface area (Å²) in [6.45, 7) is 4.30. The molecule has 23 heavy (non-hydrogen) atoms. The number of nitrogens with zero attached hydrogens (tertiary/aromatic N) is 1. The van der Waals surface area contributed by atoms with Gasteiger partial charge in [0.25, 0.3) is 0 Å². The normalized spacial score (nSPS) is 17.7. The highest BCUT2D eigenvalue weighted by Crippen LogP contribution is 2.28. The molecule has 0 bridgehead atoms. The van der Waals surface area contributed by atoms with Crippen molar-refractivity contribution in [2.75, 3.05) is 13.2 Å². The number of unbranched alkanes of at least 4 members (excludes halogenated alkanes) is 1. The van der Waals surface area contributed by atoms with Crippen molar-refractivity contribution in [3.8, 4) is 5.75 Å². The van der Waals surface area contributed by atoms with Crippen LogP contribution in [0.25, 0.3) is 0 Å². The SMILES string of the molecule is CCc1c(OCCCCO)ccc(C2=NNC(=O)CC2C)c1F. The topological polar surface area (TPSA) is 70.9 Å². The van der Waals surface area contributed by atoms with E-state index in [0.717, 1.165) is 6.42 Å². The zero-order chi connectivity index (χ0) is 16.8. The van der Waals surface area contributed by atoms with Crippen molar-refractivity contribution in [1.82, 2.24) is 5.43 Å². The van der Waals surface area contributed by atoms with Crippen LogP contribution in [0.15, 0.2) is 17.2 Å². The molecule has 2 rings (SSSR count). The Bertz CT molecular complexity index is 602. The van der Waals surface area contributed by atoms with Gasteiger partial charge in [-0.15, -0.1) is 0 Å². The van der Waals surface area contributed by atoms with Gasteiger partial charge in [-0.3, -0.25) is 4.79 Å². The first kappa shape index (κ1) is 17.4. The molecule has 1 amide bonds. The average molecular weight is 322 g/mol. The number of halogens is 1. The van der Waals surface area contributed by atoms with E-state index in [1.165, 1.54) is 0 Å². The van der Waals surface area contributed by atoms with Crippen molar-refractivity contribution in [3.05, 3.63) is 29.1 Å². The molecule has 0 fully saturated rings. The minimum atomic E-state index is -0.339. The molecule has 0 saturated heterocycles. The summed E-state index contributed by atoms with van der Waals surface area (Å²) >= 11 is 0. The smallest absolute Gasteiger partial charge is 0.240 e. The number of hydrazone groups is 1. The van der Waals surface area contributed by atoms with E-state index in [1.807, 2.05) is 13.8 Å². The van der Waals surface area contributed by atoms with Gasteiger partial charge < -0.3 is 9.84 Å². The number of hydrogen-bond acceptors (Lipinski definition) is 4. The summed E-state index contributed by atoms with van der Waals surface area (Å²) in [5, 5.41) is 12.8. The molecule has 1 aliphatic heterocycles. The standard InChI is InChI=1S/C17H23FN2O3/c1-3-12-14(23-9-5-4-8-21)7-6-13(16(12)18)17-11(2)10-15(22)19-20-17/h6-7,11,21H,3-5,8-10H2,1-2H3,(H,19,22). The minimum Gasteiger partial charge on any atom is -0.493 e. The Hall–Kier alpha value is -1.95. The number of nitrogens with one attached hydrogen (secondary N) is 1. The molecule has 1 atom stereocenters. The van der Waals surface area contributed by atoms with Crippen LogP contribution < -0.4 is 10.2 Å². The molecule has 126 valence electrons. The third kappa shape index (κ3) is 4.07. The summed E-state index contributed by atoms with van der Waals surface area (Å²) in [4.78, 5) is 11.3. The number of carbonyl (C=O) groups is 1. The summed E-state index contributed by atoms with van der Waals surface area (Å²) in [6, 6.07) is 3.41. The molecule has 1 heterocycles. The summed E-state index contributed by atoms with van der Waals surface area (Å²) in [5.74, 6) is -0.0887. The summed E-state index contributed by atoms with van der Waals surface area (Å²) in [7, 11) is 0. The lowest BCUT2D eigenvalue weighted by molar-refractivity contribution is -0.121. The van der Waals surface area contributed by atoms with Crippen LogP contribution in [0.2, 0.25) is 0 Å². The van der Waals surface area contributed by atoms with Crippen LogP contribution >= 0.6 is 0 Å². The van der Waals surface area contributed by atoms with Gasteiger partial charge in [0, 0.05) is 30.1 Å². The van der Waals surface area contributed by atoms with Gasteiger partial charge in [-0.25, -0.2) is 9.82 Å². The van der Waals surface area contributed by atoms with Crippen LogP contribution in [-0.2, 0) is 11.2 Å². The number of aliphatic hydroxyl groups is 1. The second kappa shape index (κ2) is 8.06. The van der Waals surface area contributed by atoms with Crippen LogP contribution in [0.3, 0.4) is 0 Å². The minimum absolute atomic E-state index is 0.126. The van der Waals surface area contributed by atoms with Gasteiger partial charge in [0.1, 0.15) is 11.6 Å². The highest BCUT2D eigenvalue weighted by molar-refractivity contribution is 6.06. The number of benzene rings is 1. The average Bonchev–Trinajstić information content (AvgIpc) is 2.53. The Morgan fingerprint density at radius 1 is 1.43 bits per heavy atom. The lowest BCUT2D eigenvalue weighted by Crippen LogP contribution is -2.32. The Labute approximate surface area is 135 Å². The van der Waals surface area contributed by atoms with E-state index in [9.17, 15) is 9.18 Å². The van der Waals surface area contributed by atoms with E-state index in [0.29, 0.717) is 48.5 Å². The molecule has 1 unspecified atom stereocenters. The van der Waals surface area contributed by atoms with Crippen molar-refractivity contribution in [2.45, 2.75) is 39.5 Å². The van der Waals surface area contributed by atoms with Crippen molar-refractivity contribution < 1.29 is 19.0 Å². The Morgan fingerprint density at radius 2 is 2.22 bits per heavy atom. The van der Waals surface area contributed by atoms with Gasteiger partial charge in [-0.2, -0.15) is 5.10 Å². The van der Waals surface area contributed by atoms with Crippen LogP contribution in [-0.4, -0.2) is 29.9 Å². The number of ether oxygens (including phenoxy) is 1. The van der Waals surface area contributed by atoms with Gasteiger partial charge in [-0.1, -0.05) is 13.8 Å². The second-order valence-electron chi connectivity index (χ2n) is 5.67. The molecule has 0 spiro atoms. The summed E-state index contributed by atoms with van der Waals surface area (Å²) in [5.41, 5.74) is 3.90. The fourth-order valence-electron chi connectivity index (χ4n) is 2.64. The van der Waals surface area contributed by atoms with E-state index in [1.54, 1.807) is 12.1 Å². The fraction of sp³-hybridized carbons (Fsp3) is 0.529. The number of aliphatic hydroxyl groups excluding tert-OH is 1. The molecular weight excluding hydrogens is 299 g/mol. The first-order chi connectivity index (χ1) is 11.1. The van der Waals surface area contributed by atoms with Crippen LogP contribution in [0.5, 0.6) is 5.75 Å². The predicted molar refractivity (Wildman–Crippen MR) is 86.1 cm³/mol. The molecule has 0 aliphatic carbocycles. The van der Waals surface area contributed by atoms with E-state index in [-0.39, 0.29) is 24.2 Å². The van der Waals surface area contributed by atoms with E-state index < -0.39 is 0 Å². The zero-order valence-electron chi connectivity index (χ0n) is 13.6. The second-order valence-corrected chi connectivity index (χ2v) is 5.67. The lowest BCUT2D eigenvalue weighted by atomic mass is 9.92. The Kier molecular flexibility index (Phi) is 6.10. The van der Waals surface area contributed by atoms with Crippen LogP contribution in [0.1, 0.15) is 44.2 Å². The third-order valence-corrected chi connectivity index (χ3v) is 3.90. The van der Waals surface area contributed by atoms with Gasteiger partial charge in [-0.05, 0) is 31.4 Å². The van der Waals surface area contributed by atoms with E-state index in [2.05, 4.69) is 10.5 Å². The van der Waals surface area contributed by atoms with Gasteiger partial charge in [0.15, 0.2) is 0 Å². The van der Waals surface area contributed by atoms with Crippen LogP contribution in [0.4, 0.5) is 4.39 Å². The number of rotatable bonds is 7. The summed E-state index contributed by atoms with van der Waals surface area (Å²) in [6.07, 6.45) is 2.19. The maximum atomic E-state index is 14.9. The maximum Gasteiger partial charge on any atom is 0.240 e. The maximum absolute atomic E-state index is 14.9. The fourth-order valence-corrected chi connectivity index (χ4v) is 2.64. The van der Waals surface area contributed by atoms with Crippen LogP contribution in [0, 0.1) is 11.7 Å². The molecule has 0 saturated carbocycles. The van der Waals surface area contributed by atoms with Crippen molar-refractivity contribution in [2.24, 2.45) is 11.0 Å². The predicted octanol–water partition coefficient (Wildman–Crippen LogP) is 2.40. The highest BCUT2D eigenvalue weighted by atomic mass is 19.1. The van der Waals surface area contributed by atoms with E-state index >= 15 is 0 Å². The Morgan fingerprint density at radius 3 is 2.87 bits per heavy atom. The Balaban J connectivity index is 2.24. The largest absolute Gasteiger partial charge is 0.493 e. The first-order valence-electron chi connectivity index (χ1n) is 8.00. The van der Waals surface area contributed by atoms with Crippen molar-refractivity contribution in [1.29, 1.82) is 0 Å². The molecule has 1 aliphatic rings. The van der Waals surface area contributed by atoms with Gasteiger partial charge in [0.2, 0.25) is 5.91 Å². The monoisotopic (exact) mass is 322 g/mol. The molecule has 0 radical (unpaired) electrons. The first-order valence-corrected chi connectivity index (χ1v) is 8.00. The molecular formula is C17H23FN2O3. The molecule has 1 aromatic carbocycles. The molecule has 1 aromatic rings. The van der Waals surface area contributed by atoms with Gasteiger partial charge >= 0.3 is 0 Å². The quantitative estimate of drug-likeness (QED) is 0.757. The van der Waals surface area contributed by atoms with Crippen molar-refractivity contribution >= 4 is 11.6 Å². The zero-order valence-corrected chi connectivity index (χ0v) is 13.6. The van der Waals surface area contributed by atoms with Gasteiger partial charge in [0.05, 0.1) is 12.3 Å². The highest BCUT2D eigenvalue weighted by Gasteiger charge is 2.25. The summed E-state index contributed by atoms with van der Waals surface area (Å²) < 4.78 is 20.5. The molecule has 6 heteroatoms. The lowest BCUT2D eigenvalue weighted by Gasteiger charge is -2.21. The number of amides is 1.